The van der Waals surface area contributed by atoms with Crippen molar-refractivity contribution in [1.82, 2.24) is 9.97 Å². The van der Waals surface area contributed by atoms with Crippen LogP contribution in [0.1, 0.15) is 31.9 Å². The van der Waals surface area contributed by atoms with Crippen molar-refractivity contribution in [1.29, 1.82) is 0 Å². The lowest BCUT2D eigenvalue weighted by Crippen LogP contribution is -2.11. The van der Waals surface area contributed by atoms with Crippen LogP contribution in [0.25, 0.3) is 0 Å². The Morgan fingerprint density at radius 2 is 2.38 bits per heavy atom. The molecule has 70 valence electrons. The van der Waals surface area contributed by atoms with Crippen LogP contribution in [-0.4, -0.2) is 15.8 Å². The molecule has 0 amide bonds. The third kappa shape index (κ3) is 2.46. The van der Waals surface area contributed by atoms with Crippen LogP contribution in [0.2, 0.25) is 0 Å². The molecule has 0 spiro atoms. The summed E-state index contributed by atoms with van der Waals surface area (Å²) in [4.78, 5) is 19.3. The highest BCUT2D eigenvalue weighted by Gasteiger charge is 2.18. The number of ketones is 1. The highest BCUT2D eigenvalue weighted by Crippen LogP contribution is 2.22. The van der Waals surface area contributed by atoms with E-state index in [1.807, 2.05) is 6.92 Å². The second-order valence-corrected chi connectivity index (χ2v) is 3.99. The predicted molar refractivity (Wildman–Crippen MR) is 58.5 cm³/mol. The SMILES string of the molecule is CCC(C(C)=O)c1ncncc1I. The molecule has 1 aromatic heterocycles. The standard InChI is InChI=1S/C9H11IN2O/c1-3-7(6(2)13)9-8(10)4-11-5-12-9/h4-5,7H,3H2,1-2H3. The van der Waals surface area contributed by atoms with Gasteiger partial charge in [-0.25, -0.2) is 9.97 Å². The van der Waals surface area contributed by atoms with Crippen LogP contribution in [0, 0.1) is 3.57 Å². The zero-order chi connectivity index (χ0) is 9.84. The summed E-state index contributed by atoms with van der Waals surface area (Å²) in [6.45, 7) is 3.59. The fourth-order valence-electron chi connectivity index (χ4n) is 1.25. The first-order valence-electron chi connectivity index (χ1n) is 4.12. The van der Waals surface area contributed by atoms with Crippen molar-refractivity contribution in [3.63, 3.8) is 0 Å². The van der Waals surface area contributed by atoms with Crippen molar-refractivity contribution in [3.8, 4) is 0 Å². The molecule has 4 heteroatoms. The summed E-state index contributed by atoms with van der Waals surface area (Å²) in [7, 11) is 0. The first-order chi connectivity index (χ1) is 6.16. The van der Waals surface area contributed by atoms with Crippen LogP contribution in [0.3, 0.4) is 0 Å². The number of hydrogen-bond acceptors (Lipinski definition) is 3. The molecule has 1 atom stereocenters. The van der Waals surface area contributed by atoms with Gasteiger partial charge in [0.2, 0.25) is 0 Å². The van der Waals surface area contributed by atoms with Gasteiger partial charge in [0, 0.05) is 6.20 Å². The number of carbonyl (C=O) groups is 1. The van der Waals surface area contributed by atoms with Gasteiger partial charge in [-0.05, 0) is 35.9 Å². The maximum absolute atomic E-state index is 11.3. The van der Waals surface area contributed by atoms with Crippen LogP contribution in [0.15, 0.2) is 12.5 Å². The topological polar surface area (TPSA) is 42.9 Å². The van der Waals surface area contributed by atoms with Gasteiger partial charge in [-0.2, -0.15) is 0 Å². The third-order valence-corrected chi connectivity index (χ3v) is 2.76. The second kappa shape index (κ2) is 4.64. The quantitative estimate of drug-likeness (QED) is 0.801. The van der Waals surface area contributed by atoms with Crippen LogP contribution in [0.4, 0.5) is 0 Å². The summed E-state index contributed by atoms with van der Waals surface area (Å²) in [5, 5.41) is 0. The van der Waals surface area contributed by atoms with Crippen molar-refractivity contribution in [2.45, 2.75) is 26.2 Å². The molecule has 0 fully saturated rings. The summed E-state index contributed by atoms with van der Waals surface area (Å²) in [5.41, 5.74) is 0.852. The first kappa shape index (κ1) is 10.6. The van der Waals surface area contributed by atoms with E-state index in [0.29, 0.717) is 0 Å². The van der Waals surface area contributed by atoms with E-state index < -0.39 is 0 Å². The smallest absolute Gasteiger partial charge is 0.138 e. The van der Waals surface area contributed by atoms with E-state index >= 15 is 0 Å². The molecule has 0 aliphatic carbocycles. The van der Waals surface area contributed by atoms with Crippen LogP contribution < -0.4 is 0 Å². The normalized spacial score (nSPS) is 12.5. The maximum Gasteiger partial charge on any atom is 0.138 e. The number of rotatable bonds is 3. The molecule has 3 nitrogen and oxygen atoms in total. The second-order valence-electron chi connectivity index (χ2n) is 2.83. The molecule has 0 N–H and O–H groups in total. The molecule has 0 bridgehead atoms. The Kier molecular flexibility index (Phi) is 3.77. The fraction of sp³-hybridized carbons (Fsp3) is 0.444. The molecule has 0 aliphatic rings. The molecule has 13 heavy (non-hydrogen) atoms. The number of Topliss-reactive ketones (excluding diaryl/α,β-unsaturated/α-hetero) is 1. The van der Waals surface area contributed by atoms with Crippen molar-refractivity contribution < 1.29 is 4.79 Å². The molecule has 1 rings (SSSR count). The number of nitrogens with zero attached hydrogens (tertiary/aromatic N) is 2. The Morgan fingerprint density at radius 1 is 1.69 bits per heavy atom. The summed E-state index contributed by atoms with van der Waals surface area (Å²) in [6, 6.07) is 0. The zero-order valence-electron chi connectivity index (χ0n) is 7.62. The molecule has 0 radical (unpaired) electrons. The minimum atomic E-state index is -0.0742. The van der Waals surface area contributed by atoms with Gasteiger partial charge in [0.1, 0.15) is 12.1 Å². The lowest BCUT2D eigenvalue weighted by atomic mass is 9.98. The summed E-state index contributed by atoms with van der Waals surface area (Å²) >= 11 is 2.16. The Morgan fingerprint density at radius 3 is 2.85 bits per heavy atom. The van der Waals surface area contributed by atoms with Gasteiger partial charge < -0.3 is 0 Å². The highest BCUT2D eigenvalue weighted by molar-refractivity contribution is 14.1. The van der Waals surface area contributed by atoms with Gasteiger partial charge in [-0.1, -0.05) is 6.92 Å². The van der Waals surface area contributed by atoms with Gasteiger partial charge in [0.15, 0.2) is 0 Å². The third-order valence-electron chi connectivity index (χ3n) is 1.93. The lowest BCUT2D eigenvalue weighted by molar-refractivity contribution is -0.118. The van der Waals surface area contributed by atoms with E-state index in [2.05, 4.69) is 32.6 Å². The number of carbonyl (C=O) groups excluding carboxylic acids is 1. The molecule has 0 saturated carbocycles. The molecular formula is C9H11IN2O. The molecule has 0 aromatic carbocycles. The van der Waals surface area contributed by atoms with Gasteiger partial charge in [0.05, 0.1) is 15.2 Å². The van der Waals surface area contributed by atoms with E-state index in [1.54, 1.807) is 13.1 Å². The maximum atomic E-state index is 11.3. The molecule has 0 saturated heterocycles. The van der Waals surface area contributed by atoms with E-state index in [-0.39, 0.29) is 11.7 Å². The van der Waals surface area contributed by atoms with Gasteiger partial charge in [-0.15, -0.1) is 0 Å². The van der Waals surface area contributed by atoms with Crippen molar-refractivity contribution in [2.24, 2.45) is 0 Å². The number of aromatic nitrogens is 2. The van der Waals surface area contributed by atoms with Crippen LogP contribution >= 0.6 is 22.6 Å². The first-order valence-corrected chi connectivity index (χ1v) is 5.20. The van der Waals surface area contributed by atoms with Crippen LogP contribution in [0.5, 0.6) is 0 Å². The summed E-state index contributed by atoms with van der Waals surface area (Å²) in [6.07, 6.45) is 4.01. The van der Waals surface area contributed by atoms with E-state index in [4.69, 9.17) is 0 Å². The monoisotopic (exact) mass is 290 g/mol. The fourth-order valence-corrected chi connectivity index (χ4v) is 1.93. The lowest BCUT2D eigenvalue weighted by Gasteiger charge is -2.11. The Hall–Kier alpha value is -0.520. The molecule has 1 heterocycles. The minimum absolute atomic E-state index is 0.0742. The zero-order valence-corrected chi connectivity index (χ0v) is 9.78. The van der Waals surface area contributed by atoms with E-state index in [0.717, 1.165) is 15.7 Å². The summed E-state index contributed by atoms with van der Waals surface area (Å²) < 4.78 is 0.960. The average molecular weight is 290 g/mol. The Labute approximate surface area is 91.1 Å². The van der Waals surface area contributed by atoms with Crippen molar-refractivity contribution >= 4 is 28.4 Å². The van der Waals surface area contributed by atoms with E-state index in [9.17, 15) is 4.79 Å². The average Bonchev–Trinajstić information content (AvgIpc) is 2.09. The molecule has 0 aliphatic heterocycles. The van der Waals surface area contributed by atoms with Gasteiger partial charge in [-0.3, -0.25) is 4.79 Å². The van der Waals surface area contributed by atoms with Crippen molar-refractivity contribution in [3.05, 3.63) is 21.8 Å². The minimum Gasteiger partial charge on any atom is -0.299 e. The molecule has 1 aromatic rings. The predicted octanol–water partition coefficient (Wildman–Crippen LogP) is 2.16. The van der Waals surface area contributed by atoms with Crippen molar-refractivity contribution in [2.75, 3.05) is 0 Å². The van der Waals surface area contributed by atoms with Gasteiger partial charge >= 0.3 is 0 Å². The molecular weight excluding hydrogens is 279 g/mol. The van der Waals surface area contributed by atoms with E-state index in [1.165, 1.54) is 6.33 Å². The largest absolute Gasteiger partial charge is 0.299 e. The number of hydrogen-bond donors (Lipinski definition) is 0. The summed E-state index contributed by atoms with van der Waals surface area (Å²) in [5.74, 6) is 0.0917. The molecule has 1 unspecified atom stereocenters. The Bertz CT molecular complexity index is 314. The highest BCUT2D eigenvalue weighted by atomic mass is 127. The number of halogens is 1. The Balaban J connectivity index is 3.04. The van der Waals surface area contributed by atoms with Crippen LogP contribution in [-0.2, 0) is 4.79 Å². The van der Waals surface area contributed by atoms with Gasteiger partial charge in [0.25, 0.3) is 0 Å².